The van der Waals surface area contributed by atoms with Crippen molar-refractivity contribution in [3.8, 4) is 0 Å². The first-order valence-corrected chi connectivity index (χ1v) is 10.8. The number of aromatic nitrogens is 2. The van der Waals surface area contributed by atoms with Gasteiger partial charge in [0.15, 0.2) is 0 Å². The van der Waals surface area contributed by atoms with Crippen molar-refractivity contribution < 1.29 is 4.79 Å². The fourth-order valence-corrected chi connectivity index (χ4v) is 5.54. The minimum absolute atomic E-state index is 0.0768. The molecule has 0 spiro atoms. The first-order chi connectivity index (χ1) is 13.0. The molecule has 0 unspecified atom stereocenters. The Balaban J connectivity index is 1.44. The van der Waals surface area contributed by atoms with Crippen LogP contribution in [-0.4, -0.2) is 41.0 Å². The molecule has 1 amide bonds. The van der Waals surface area contributed by atoms with Gasteiger partial charge in [-0.2, -0.15) is 0 Å². The Labute approximate surface area is 164 Å². The number of carbonyl (C=O) groups excluding carboxylic acids is 1. The predicted octanol–water partition coefficient (Wildman–Crippen LogP) is 2.91. The summed E-state index contributed by atoms with van der Waals surface area (Å²) < 4.78 is 0. The topological polar surface area (TPSA) is 84.1 Å². The van der Waals surface area contributed by atoms with E-state index in [0.29, 0.717) is 6.54 Å². The lowest BCUT2D eigenvalue weighted by Crippen LogP contribution is -2.54. The Morgan fingerprint density at radius 2 is 2.00 bits per heavy atom. The lowest BCUT2D eigenvalue weighted by atomic mass is 9.92. The molecular weight excluding hydrogens is 358 g/mol. The van der Waals surface area contributed by atoms with Gasteiger partial charge in [-0.1, -0.05) is 12.8 Å². The molecular formula is C20H29N5OS. The molecule has 1 saturated carbocycles. The van der Waals surface area contributed by atoms with Crippen LogP contribution in [0, 0.1) is 19.8 Å². The molecule has 1 aliphatic carbocycles. The number of piperidine rings is 1. The van der Waals surface area contributed by atoms with E-state index in [2.05, 4.69) is 34.0 Å². The number of carbonyl (C=O) groups is 1. The summed E-state index contributed by atoms with van der Waals surface area (Å²) in [6.45, 7) is 6.54. The average molecular weight is 388 g/mol. The summed E-state index contributed by atoms with van der Waals surface area (Å²) in [5.74, 6) is 1.29. The number of hydrogen-bond donors (Lipinski definition) is 2. The summed E-state index contributed by atoms with van der Waals surface area (Å²) in [7, 11) is 0. The van der Waals surface area contributed by atoms with Crippen LogP contribution in [0.4, 0.5) is 5.82 Å². The van der Waals surface area contributed by atoms with Crippen molar-refractivity contribution in [2.45, 2.75) is 57.9 Å². The van der Waals surface area contributed by atoms with E-state index in [9.17, 15) is 4.79 Å². The van der Waals surface area contributed by atoms with E-state index >= 15 is 0 Å². The minimum atomic E-state index is -0.154. The Hall–Kier alpha value is -1.73. The molecule has 0 atom stereocenters. The van der Waals surface area contributed by atoms with Crippen LogP contribution >= 0.6 is 11.3 Å². The number of nitrogens with one attached hydrogen (secondary N) is 1. The largest absolute Gasteiger partial charge is 0.356 e. The lowest BCUT2D eigenvalue weighted by molar-refractivity contribution is -0.127. The first-order valence-electron chi connectivity index (χ1n) is 10.0. The molecule has 27 heavy (non-hydrogen) atoms. The highest BCUT2D eigenvalue weighted by Gasteiger charge is 2.36. The van der Waals surface area contributed by atoms with E-state index in [1.54, 1.807) is 17.7 Å². The number of aryl methyl sites for hydroxylation is 2. The zero-order valence-corrected chi connectivity index (χ0v) is 17.1. The van der Waals surface area contributed by atoms with Crippen molar-refractivity contribution >= 4 is 33.3 Å². The molecule has 146 valence electrons. The number of nitrogens with two attached hydrogens (primary N) is 1. The van der Waals surface area contributed by atoms with Gasteiger partial charge < -0.3 is 16.0 Å². The van der Waals surface area contributed by atoms with E-state index in [-0.39, 0.29) is 17.4 Å². The van der Waals surface area contributed by atoms with Gasteiger partial charge >= 0.3 is 0 Å². The lowest BCUT2D eigenvalue weighted by Gasteiger charge is -2.35. The maximum absolute atomic E-state index is 12.8. The summed E-state index contributed by atoms with van der Waals surface area (Å²) >= 11 is 1.73. The molecule has 1 saturated heterocycles. The molecule has 2 fully saturated rings. The van der Waals surface area contributed by atoms with Crippen molar-refractivity contribution in [2.24, 2.45) is 11.7 Å². The van der Waals surface area contributed by atoms with Crippen molar-refractivity contribution in [1.29, 1.82) is 0 Å². The Morgan fingerprint density at radius 1 is 1.30 bits per heavy atom. The molecule has 4 rings (SSSR count). The van der Waals surface area contributed by atoms with Crippen LogP contribution in [0.15, 0.2) is 6.33 Å². The molecule has 1 aliphatic heterocycles. The average Bonchev–Trinajstić information content (AvgIpc) is 3.27. The van der Waals surface area contributed by atoms with Gasteiger partial charge in [0.05, 0.1) is 10.9 Å². The van der Waals surface area contributed by atoms with Crippen LogP contribution in [0.1, 0.15) is 49.0 Å². The molecule has 7 heteroatoms. The van der Waals surface area contributed by atoms with Crippen molar-refractivity contribution in [1.82, 2.24) is 15.3 Å². The van der Waals surface area contributed by atoms with Gasteiger partial charge in [-0.15, -0.1) is 11.3 Å². The van der Waals surface area contributed by atoms with E-state index in [0.717, 1.165) is 49.4 Å². The van der Waals surface area contributed by atoms with Gasteiger partial charge in [-0.05, 0) is 45.1 Å². The number of rotatable bonds is 4. The number of thiophene rings is 1. The quantitative estimate of drug-likeness (QED) is 0.843. The summed E-state index contributed by atoms with van der Waals surface area (Å²) in [6, 6.07) is 0. The second-order valence-corrected chi connectivity index (χ2v) is 9.31. The van der Waals surface area contributed by atoms with E-state index in [4.69, 9.17) is 5.73 Å². The second-order valence-electron chi connectivity index (χ2n) is 8.10. The predicted molar refractivity (Wildman–Crippen MR) is 110 cm³/mol. The third-order valence-corrected chi connectivity index (χ3v) is 7.57. The molecule has 2 aliphatic rings. The van der Waals surface area contributed by atoms with Gasteiger partial charge in [0.2, 0.25) is 5.91 Å². The van der Waals surface area contributed by atoms with Crippen LogP contribution in [0.5, 0.6) is 0 Å². The molecule has 2 aromatic heterocycles. The molecule has 0 bridgehead atoms. The number of amides is 1. The zero-order valence-electron chi connectivity index (χ0n) is 16.3. The van der Waals surface area contributed by atoms with E-state index < -0.39 is 0 Å². The van der Waals surface area contributed by atoms with Crippen LogP contribution in [0.2, 0.25) is 0 Å². The van der Waals surface area contributed by atoms with Gasteiger partial charge in [-0.3, -0.25) is 4.79 Å². The highest BCUT2D eigenvalue weighted by atomic mass is 32.1. The van der Waals surface area contributed by atoms with Crippen LogP contribution in [-0.2, 0) is 4.79 Å². The fraction of sp³-hybridized carbons (Fsp3) is 0.650. The summed E-state index contributed by atoms with van der Waals surface area (Å²) in [5.41, 5.74) is 7.10. The van der Waals surface area contributed by atoms with E-state index in [1.165, 1.54) is 28.7 Å². The normalized spacial score (nSPS) is 20.3. The fourth-order valence-electron chi connectivity index (χ4n) is 4.55. The smallest absolute Gasteiger partial charge is 0.223 e. The number of fused-ring (bicyclic) bond motifs is 1. The van der Waals surface area contributed by atoms with E-state index in [1.807, 2.05) is 0 Å². The number of anilines is 1. The zero-order chi connectivity index (χ0) is 19.0. The molecule has 6 nitrogen and oxygen atoms in total. The highest BCUT2D eigenvalue weighted by Crippen LogP contribution is 2.36. The molecule has 0 radical (unpaired) electrons. The Bertz CT molecular complexity index is 834. The van der Waals surface area contributed by atoms with Crippen molar-refractivity contribution in [3.05, 3.63) is 16.8 Å². The maximum Gasteiger partial charge on any atom is 0.223 e. The van der Waals surface area contributed by atoms with Crippen LogP contribution in [0.25, 0.3) is 10.2 Å². The third kappa shape index (κ3) is 3.43. The molecule has 0 aromatic carbocycles. The standard InChI is InChI=1S/C20H29N5OS/c1-13-14(2)27-19-16(13)17(22-12-23-19)25-9-5-15(6-10-25)18(26)24-20(11-21)7-3-4-8-20/h12,15H,3-11,21H2,1-2H3,(H,24,26). The van der Waals surface area contributed by atoms with Gasteiger partial charge in [0, 0.05) is 30.4 Å². The van der Waals surface area contributed by atoms with Crippen LogP contribution < -0.4 is 16.0 Å². The SMILES string of the molecule is Cc1sc2ncnc(N3CCC(C(=O)NC4(CN)CCCC4)CC3)c2c1C. The molecule has 3 heterocycles. The van der Waals surface area contributed by atoms with Gasteiger partial charge in [-0.25, -0.2) is 9.97 Å². The van der Waals surface area contributed by atoms with Gasteiger partial charge in [0.25, 0.3) is 0 Å². The van der Waals surface area contributed by atoms with Crippen LogP contribution in [0.3, 0.4) is 0 Å². The molecule has 2 aromatic rings. The Morgan fingerprint density at radius 3 is 2.67 bits per heavy atom. The Kier molecular flexibility index (Phi) is 5.07. The number of hydrogen-bond acceptors (Lipinski definition) is 6. The molecule has 3 N–H and O–H groups in total. The monoisotopic (exact) mass is 387 g/mol. The third-order valence-electron chi connectivity index (χ3n) is 6.45. The van der Waals surface area contributed by atoms with Gasteiger partial charge in [0.1, 0.15) is 17.0 Å². The number of nitrogens with zero attached hydrogens (tertiary/aromatic N) is 3. The van der Waals surface area contributed by atoms with Crippen molar-refractivity contribution in [3.63, 3.8) is 0 Å². The maximum atomic E-state index is 12.8. The summed E-state index contributed by atoms with van der Waals surface area (Å²) in [6.07, 6.45) is 7.75. The first kappa shape index (κ1) is 18.6. The summed E-state index contributed by atoms with van der Waals surface area (Å²) in [5, 5.41) is 4.48. The highest BCUT2D eigenvalue weighted by molar-refractivity contribution is 7.18. The van der Waals surface area contributed by atoms with Crippen molar-refractivity contribution in [2.75, 3.05) is 24.5 Å². The minimum Gasteiger partial charge on any atom is -0.356 e. The second kappa shape index (κ2) is 7.36. The summed E-state index contributed by atoms with van der Waals surface area (Å²) in [4.78, 5) is 26.5.